The molecule has 2 aromatic carbocycles. The number of amides is 1. The number of fused-ring (bicyclic) bond motifs is 1. The summed E-state index contributed by atoms with van der Waals surface area (Å²) >= 11 is 0. The maximum Gasteiger partial charge on any atom is 0.252 e. The van der Waals surface area contributed by atoms with Crippen molar-refractivity contribution >= 4 is 16.9 Å². The molecule has 0 aliphatic carbocycles. The molecule has 0 saturated heterocycles. The van der Waals surface area contributed by atoms with Crippen LogP contribution in [0.25, 0.3) is 11.0 Å². The molecule has 0 aliphatic rings. The standard InChI is InChI=1S/C23H22N4O/c1-15-13-19(21-16(2)26-27-22(21)25-15)23(28)24-14-20(17-9-5-3-6-10-17)18-11-7-4-8-12-18/h3-13,20H,14H2,1-2H3,(H,24,28)(H,25,26,27). The van der Waals surface area contributed by atoms with Gasteiger partial charge in [-0.25, -0.2) is 4.98 Å². The Kier molecular flexibility index (Phi) is 4.89. The van der Waals surface area contributed by atoms with E-state index < -0.39 is 0 Å². The first-order chi connectivity index (χ1) is 13.6. The Bertz CT molecular complexity index is 1060. The molecule has 2 heterocycles. The van der Waals surface area contributed by atoms with Crippen LogP contribution in [0.2, 0.25) is 0 Å². The lowest BCUT2D eigenvalue weighted by molar-refractivity contribution is 0.0954. The Morgan fingerprint density at radius 1 is 1.00 bits per heavy atom. The molecule has 4 rings (SSSR count). The van der Waals surface area contributed by atoms with E-state index in [1.54, 1.807) is 0 Å². The second kappa shape index (κ2) is 7.64. The van der Waals surface area contributed by atoms with Gasteiger partial charge in [-0.2, -0.15) is 5.10 Å². The van der Waals surface area contributed by atoms with E-state index in [2.05, 4.69) is 44.8 Å². The summed E-state index contributed by atoms with van der Waals surface area (Å²) in [5.41, 5.74) is 5.15. The zero-order chi connectivity index (χ0) is 19.5. The molecular weight excluding hydrogens is 348 g/mol. The van der Waals surface area contributed by atoms with Crippen molar-refractivity contribution in [3.63, 3.8) is 0 Å². The molecule has 2 aromatic heterocycles. The second-order valence-electron chi connectivity index (χ2n) is 6.93. The van der Waals surface area contributed by atoms with E-state index in [0.717, 1.165) is 16.8 Å². The van der Waals surface area contributed by atoms with E-state index in [9.17, 15) is 4.79 Å². The van der Waals surface area contributed by atoms with Gasteiger partial charge >= 0.3 is 0 Å². The van der Waals surface area contributed by atoms with E-state index in [1.165, 1.54) is 11.1 Å². The van der Waals surface area contributed by atoms with Crippen molar-refractivity contribution in [1.82, 2.24) is 20.5 Å². The minimum absolute atomic E-state index is 0.0789. The second-order valence-corrected chi connectivity index (χ2v) is 6.93. The predicted molar refractivity (Wildman–Crippen MR) is 110 cm³/mol. The molecule has 2 N–H and O–H groups in total. The Morgan fingerprint density at radius 3 is 2.21 bits per heavy atom. The highest BCUT2D eigenvalue weighted by Crippen LogP contribution is 2.25. The molecule has 4 aromatic rings. The number of pyridine rings is 1. The van der Waals surface area contributed by atoms with Crippen LogP contribution >= 0.6 is 0 Å². The van der Waals surface area contributed by atoms with Gasteiger partial charge in [0.25, 0.3) is 5.91 Å². The van der Waals surface area contributed by atoms with Gasteiger partial charge in [-0.3, -0.25) is 9.89 Å². The lowest BCUT2D eigenvalue weighted by Crippen LogP contribution is -2.29. The molecule has 1 amide bonds. The van der Waals surface area contributed by atoms with Crippen molar-refractivity contribution in [1.29, 1.82) is 0 Å². The number of aryl methyl sites for hydroxylation is 2. The SMILES string of the molecule is Cc1cc(C(=O)NCC(c2ccccc2)c2ccccc2)c2c(C)n[nH]c2n1. The first-order valence-electron chi connectivity index (χ1n) is 9.34. The predicted octanol–water partition coefficient (Wildman–Crippen LogP) is 4.14. The lowest BCUT2D eigenvalue weighted by atomic mass is 9.91. The van der Waals surface area contributed by atoms with E-state index in [1.807, 2.05) is 56.3 Å². The fraction of sp³-hybridized carbons (Fsp3) is 0.174. The van der Waals surface area contributed by atoms with Crippen LogP contribution in [0.4, 0.5) is 0 Å². The van der Waals surface area contributed by atoms with Gasteiger partial charge in [-0.15, -0.1) is 0 Å². The Morgan fingerprint density at radius 2 is 1.61 bits per heavy atom. The summed E-state index contributed by atoms with van der Waals surface area (Å²) in [5, 5.41) is 11.0. The average molecular weight is 370 g/mol. The lowest BCUT2D eigenvalue weighted by Gasteiger charge is -2.19. The van der Waals surface area contributed by atoms with Crippen LogP contribution in [-0.4, -0.2) is 27.6 Å². The molecule has 0 aliphatic heterocycles. The largest absolute Gasteiger partial charge is 0.351 e. The zero-order valence-electron chi connectivity index (χ0n) is 15.9. The van der Waals surface area contributed by atoms with Gasteiger partial charge in [0.15, 0.2) is 5.65 Å². The third kappa shape index (κ3) is 3.51. The fourth-order valence-corrected chi connectivity index (χ4v) is 3.58. The van der Waals surface area contributed by atoms with Crippen molar-refractivity contribution in [3.05, 3.63) is 94.8 Å². The summed E-state index contributed by atoms with van der Waals surface area (Å²) < 4.78 is 0. The normalized spacial score (nSPS) is 11.1. The number of rotatable bonds is 5. The van der Waals surface area contributed by atoms with E-state index in [0.29, 0.717) is 17.8 Å². The van der Waals surface area contributed by atoms with Gasteiger partial charge in [0.05, 0.1) is 16.6 Å². The Hall–Kier alpha value is -3.47. The van der Waals surface area contributed by atoms with Crippen LogP contribution in [0.3, 0.4) is 0 Å². The quantitative estimate of drug-likeness (QED) is 0.555. The number of nitrogens with one attached hydrogen (secondary N) is 2. The minimum Gasteiger partial charge on any atom is -0.351 e. The van der Waals surface area contributed by atoms with Gasteiger partial charge in [-0.05, 0) is 31.0 Å². The third-order valence-electron chi connectivity index (χ3n) is 4.95. The molecule has 28 heavy (non-hydrogen) atoms. The highest BCUT2D eigenvalue weighted by atomic mass is 16.1. The number of nitrogens with zero attached hydrogens (tertiary/aromatic N) is 2. The first kappa shape index (κ1) is 17.9. The summed E-state index contributed by atoms with van der Waals surface area (Å²) in [6, 6.07) is 22.3. The van der Waals surface area contributed by atoms with Crippen LogP contribution in [0.1, 0.15) is 38.8 Å². The summed E-state index contributed by atoms with van der Waals surface area (Å²) in [6.45, 7) is 4.26. The van der Waals surface area contributed by atoms with Crippen molar-refractivity contribution in [2.45, 2.75) is 19.8 Å². The number of hydrogen-bond acceptors (Lipinski definition) is 3. The summed E-state index contributed by atoms with van der Waals surface area (Å²) in [7, 11) is 0. The molecule has 5 nitrogen and oxygen atoms in total. The number of benzene rings is 2. The van der Waals surface area contributed by atoms with Gasteiger partial charge < -0.3 is 5.32 Å². The van der Waals surface area contributed by atoms with Crippen LogP contribution in [0.15, 0.2) is 66.7 Å². The average Bonchev–Trinajstić information content (AvgIpc) is 3.09. The summed E-state index contributed by atoms with van der Waals surface area (Å²) in [6.07, 6.45) is 0. The van der Waals surface area contributed by atoms with E-state index in [-0.39, 0.29) is 11.8 Å². The molecule has 0 fully saturated rings. The van der Waals surface area contributed by atoms with Crippen molar-refractivity contribution < 1.29 is 4.79 Å². The van der Waals surface area contributed by atoms with Crippen molar-refractivity contribution in [2.24, 2.45) is 0 Å². The maximum atomic E-state index is 13.0. The molecule has 5 heteroatoms. The maximum absolute atomic E-state index is 13.0. The molecule has 0 unspecified atom stereocenters. The Labute approximate surface area is 163 Å². The monoisotopic (exact) mass is 370 g/mol. The number of aromatic amines is 1. The zero-order valence-corrected chi connectivity index (χ0v) is 15.9. The third-order valence-corrected chi connectivity index (χ3v) is 4.95. The molecule has 0 saturated carbocycles. The van der Waals surface area contributed by atoms with Gasteiger partial charge in [0, 0.05) is 18.2 Å². The van der Waals surface area contributed by atoms with Gasteiger partial charge in [0.1, 0.15) is 0 Å². The molecule has 0 atom stereocenters. The number of aromatic nitrogens is 3. The van der Waals surface area contributed by atoms with Crippen molar-refractivity contribution in [2.75, 3.05) is 6.54 Å². The first-order valence-corrected chi connectivity index (χ1v) is 9.34. The van der Waals surface area contributed by atoms with E-state index in [4.69, 9.17) is 0 Å². The minimum atomic E-state index is -0.114. The summed E-state index contributed by atoms with van der Waals surface area (Å²) in [5.74, 6) is -0.0351. The van der Waals surface area contributed by atoms with E-state index >= 15 is 0 Å². The van der Waals surface area contributed by atoms with Crippen LogP contribution in [0.5, 0.6) is 0 Å². The van der Waals surface area contributed by atoms with Gasteiger partial charge in [0.2, 0.25) is 0 Å². The summed E-state index contributed by atoms with van der Waals surface area (Å²) in [4.78, 5) is 17.5. The molecule has 0 spiro atoms. The van der Waals surface area contributed by atoms with Crippen LogP contribution < -0.4 is 5.32 Å². The van der Waals surface area contributed by atoms with Gasteiger partial charge in [-0.1, -0.05) is 60.7 Å². The number of hydrogen-bond donors (Lipinski definition) is 2. The van der Waals surface area contributed by atoms with Crippen LogP contribution in [-0.2, 0) is 0 Å². The fourth-order valence-electron chi connectivity index (χ4n) is 3.58. The highest BCUT2D eigenvalue weighted by Gasteiger charge is 2.19. The number of H-pyrrole nitrogens is 1. The van der Waals surface area contributed by atoms with Crippen molar-refractivity contribution in [3.8, 4) is 0 Å². The molecule has 140 valence electrons. The highest BCUT2D eigenvalue weighted by molar-refractivity contribution is 6.06. The number of carbonyl (C=O) groups is 1. The Balaban J connectivity index is 1.63. The molecular formula is C23H22N4O. The topological polar surface area (TPSA) is 70.7 Å². The number of carbonyl (C=O) groups excluding carboxylic acids is 1. The molecule has 0 bridgehead atoms. The van der Waals surface area contributed by atoms with Crippen LogP contribution in [0, 0.1) is 13.8 Å². The molecule has 0 radical (unpaired) electrons. The smallest absolute Gasteiger partial charge is 0.252 e.